The van der Waals surface area contributed by atoms with E-state index in [1.165, 1.54) is 12.8 Å². The van der Waals surface area contributed by atoms with Crippen LogP contribution in [0.5, 0.6) is 0 Å². The van der Waals surface area contributed by atoms with E-state index >= 15 is 0 Å². The molecule has 1 aliphatic heterocycles. The maximum atomic E-state index is 13.3. The van der Waals surface area contributed by atoms with Gasteiger partial charge in [0.25, 0.3) is 0 Å². The van der Waals surface area contributed by atoms with Gasteiger partial charge in [-0.15, -0.1) is 5.10 Å². The summed E-state index contributed by atoms with van der Waals surface area (Å²) >= 11 is 0. The number of anilines is 1. The Balaban J connectivity index is 1.54. The molecule has 3 aliphatic rings. The Morgan fingerprint density at radius 2 is 1.86 bits per heavy atom. The topological polar surface area (TPSA) is 71.9 Å². The number of amides is 1. The molecule has 1 saturated heterocycles. The van der Waals surface area contributed by atoms with Crippen LogP contribution in [0.2, 0.25) is 0 Å². The first kappa shape index (κ1) is 17.2. The van der Waals surface area contributed by atoms with Crippen molar-refractivity contribution in [3.05, 3.63) is 59.5 Å². The Kier molecular flexibility index (Phi) is 3.73. The zero-order valence-corrected chi connectivity index (χ0v) is 16.4. The monoisotopic (exact) mass is 373 g/mol. The summed E-state index contributed by atoms with van der Waals surface area (Å²) in [6.45, 7) is 5.92. The highest BCUT2D eigenvalue weighted by atomic mass is 16.2. The molecule has 0 bridgehead atoms. The molecular formula is C22H23N5O. The van der Waals surface area contributed by atoms with Crippen molar-refractivity contribution in [1.82, 2.24) is 20.2 Å². The van der Waals surface area contributed by atoms with Crippen LogP contribution >= 0.6 is 0 Å². The van der Waals surface area contributed by atoms with Crippen molar-refractivity contribution in [2.24, 2.45) is 11.3 Å². The molecule has 2 aliphatic carbocycles. The van der Waals surface area contributed by atoms with Crippen molar-refractivity contribution in [3.8, 4) is 0 Å². The van der Waals surface area contributed by atoms with Crippen LogP contribution in [-0.4, -0.2) is 26.1 Å². The molecular weight excluding hydrogens is 350 g/mol. The van der Waals surface area contributed by atoms with Gasteiger partial charge in [0.1, 0.15) is 5.82 Å². The van der Waals surface area contributed by atoms with Crippen molar-refractivity contribution in [2.75, 3.05) is 4.90 Å². The van der Waals surface area contributed by atoms with Crippen molar-refractivity contribution in [2.45, 2.75) is 46.0 Å². The van der Waals surface area contributed by atoms with Crippen molar-refractivity contribution >= 4 is 17.3 Å². The predicted molar refractivity (Wildman–Crippen MR) is 106 cm³/mol. The maximum Gasteiger partial charge on any atom is 0.238 e. The fraction of sp³-hybridized carbons (Fsp3) is 0.409. The molecule has 0 radical (unpaired) electrons. The Bertz CT molecular complexity index is 1000. The molecule has 2 aromatic rings. The summed E-state index contributed by atoms with van der Waals surface area (Å²) in [4.78, 5) is 23.7. The minimum atomic E-state index is -0.478. The summed E-state index contributed by atoms with van der Waals surface area (Å²) < 4.78 is 0. The molecule has 5 rings (SSSR count). The van der Waals surface area contributed by atoms with Crippen molar-refractivity contribution in [1.29, 1.82) is 0 Å². The highest BCUT2D eigenvalue weighted by Gasteiger charge is 2.52. The first-order chi connectivity index (χ1) is 13.4. The van der Waals surface area contributed by atoms with Gasteiger partial charge in [0.05, 0.1) is 11.1 Å². The normalized spacial score (nSPS) is 23.3. The van der Waals surface area contributed by atoms with E-state index in [1.54, 1.807) is 4.90 Å². The van der Waals surface area contributed by atoms with Gasteiger partial charge in [-0.05, 0) is 50.0 Å². The molecule has 142 valence electrons. The SMILES string of the molecule is Cc1ncc(C2=CCC3C(=C2)N(c2ccc(C4CC4)nn2)C(=O)C3(C)C)cn1. The first-order valence-corrected chi connectivity index (χ1v) is 9.84. The number of hydrogen-bond acceptors (Lipinski definition) is 5. The quantitative estimate of drug-likeness (QED) is 0.818. The van der Waals surface area contributed by atoms with E-state index in [0.717, 1.165) is 34.8 Å². The van der Waals surface area contributed by atoms with E-state index in [9.17, 15) is 4.79 Å². The summed E-state index contributed by atoms with van der Waals surface area (Å²) in [6.07, 6.45) is 11.1. The first-order valence-electron chi connectivity index (χ1n) is 9.84. The molecule has 1 atom stereocenters. The van der Waals surface area contributed by atoms with Crippen LogP contribution in [0.3, 0.4) is 0 Å². The third-order valence-corrected chi connectivity index (χ3v) is 6.13. The van der Waals surface area contributed by atoms with Crippen LogP contribution in [0.4, 0.5) is 5.82 Å². The molecule has 3 heterocycles. The van der Waals surface area contributed by atoms with Gasteiger partial charge in [0.15, 0.2) is 5.82 Å². The molecule has 6 heteroatoms. The van der Waals surface area contributed by atoms with E-state index in [0.29, 0.717) is 11.7 Å². The fourth-order valence-corrected chi connectivity index (χ4v) is 4.15. The molecule has 0 aromatic carbocycles. The number of hydrogen-bond donors (Lipinski definition) is 0. The van der Waals surface area contributed by atoms with Crippen LogP contribution in [0.25, 0.3) is 5.57 Å². The fourth-order valence-electron chi connectivity index (χ4n) is 4.15. The second-order valence-corrected chi connectivity index (χ2v) is 8.49. The number of allylic oxidation sites excluding steroid dienone is 4. The Morgan fingerprint density at radius 1 is 1.11 bits per heavy atom. The van der Waals surface area contributed by atoms with Crippen LogP contribution in [0.1, 0.15) is 56.1 Å². The van der Waals surface area contributed by atoms with Crippen LogP contribution in [0, 0.1) is 18.3 Å². The maximum absolute atomic E-state index is 13.3. The lowest BCUT2D eigenvalue weighted by Crippen LogP contribution is -2.32. The lowest BCUT2D eigenvalue weighted by atomic mass is 9.75. The zero-order chi connectivity index (χ0) is 19.5. The van der Waals surface area contributed by atoms with Crippen LogP contribution < -0.4 is 4.90 Å². The average Bonchev–Trinajstić information content (AvgIpc) is 3.52. The van der Waals surface area contributed by atoms with E-state index in [-0.39, 0.29) is 11.8 Å². The third-order valence-electron chi connectivity index (χ3n) is 6.13. The number of carbonyl (C=O) groups excluding carboxylic acids is 1. The molecule has 6 nitrogen and oxygen atoms in total. The Labute approximate surface area is 164 Å². The second-order valence-electron chi connectivity index (χ2n) is 8.49. The van der Waals surface area contributed by atoms with Gasteiger partial charge in [0, 0.05) is 35.5 Å². The highest BCUT2D eigenvalue weighted by Crippen LogP contribution is 2.50. The van der Waals surface area contributed by atoms with E-state index in [1.807, 2.05) is 45.3 Å². The molecule has 28 heavy (non-hydrogen) atoms. The number of aryl methyl sites for hydroxylation is 1. The number of rotatable bonds is 3. The largest absolute Gasteiger partial charge is 0.273 e. The summed E-state index contributed by atoms with van der Waals surface area (Å²) in [6, 6.07) is 3.95. The number of carbonyl (C=O) groups is 1. The van der Waals surface area contributed by atoms with Gasteiger partial charge >= 0.3 is 0 Å². The van der Waals surface area contributed by atoms with E-state index < -0.39 is 5.41 Å². The van der Waals surface area contributed by atoms with Gasteiger partial charge in [-0.2, -0.15) is 5.10 Å². The lowest BCUT2D eigenvalue weighted by molar-refractivity contribution is -0.125. The molecule has 1 unspecified atom stereocenters. The minimum absolute atomic E-state index is 0.0760. The van der Waals surface area contributed by atoms with E-state index in [4.69, 9.17) is 0 Å². The molecule has 2 fully saturated rings. The standard InChI is InChI=1S/C22H23N5O/c1-13-23-11-16(12-24-13)15-6-7-17-19(10-15)27(21(28)22(17,2)3)20-9-8-18(25-26-20)14-4-5-14/h6,8-12,14,17H,4-5,7H2,1-3H3. The minimum Gasteiger partial charge on any atom is -0.273 e. The number of nitrogens with zero attached hydrogens (tertiary/aromatic N) is 5. The van der Waals surface area contributed by atoms with Gasteiger partial charge in [-0.1, -0.05) is 19.9 Å². The van der Waals surface area contributed by atoms with Gasteiger partial charge in [0.2, 0.25) is 5.91 Å². The molecule has 2 aromatic heterocycles. The van der Waals surface area contributed by atoms with Crippen molar-refractivity contribution in [3.63, 3.8) is 0 Å². The summed E-state index contributed by atoms with van der Waals surface area (Å²) in [5.41, 5.74) is 3.55. The second kappa shape index (κ2) is 6.06. The molecule has 0 spiro atoms. The summed E-state index contributed by atoms with van der Waals surface area (Å²) in [5.74, 6) is 2.10. The average molecular weight is 373 g/mol. The molecule has 0 N–H and O–H groups in total. The van der Waals surface area contributed by atoms with Gasteiger partial charge in [-0.3, -0.25) is 9.69 Å². The van der Waals surface area contributed by atoms with Crippen molar-refractivity contribution < 1.29 is 4.79 Å². The molecule has 1 amide bonds. The Hall–Kier alpha value is -2.89. The molecule has 1 saturated carbocycles. The smallest absolute Gasteiger partial charge is 0.238 e. The number of aromatic nitrogens is 4. The highest BCUT2D eigenvalue weighted by molar-refractivity contribution is 6.04. The van der Waals surface area contributed by atoms with E-state index in [2.05, 4.69) is 32.3 Å². The van der Waals surface area contributed by atoms with Gasteiger partial charge in [-0.25, -0.2) is 9.97 Å². The van der Waals surface area contributed by atoms with Gasteiger partial charge < -0.3 is 0 Å². The number of fused-ring (bicyclic) bond motifs is 1. The summed E-state index contributed by atoms with van der Waals surface area (Å²) in [7, 11) is 0. The predicted octanol–water partition coefficient (Wildman–Crippen LogP) is 3.81. The van der Waals surface area contributed by atoms with Crippen LogP contribution in [-0.2, 0) is 4.79 Å². The summed E-state index contributed by atoms with van der Waals surface area (Å²) in [5, 5.41) is 8.79. The zero-order valence-electron chi connectivity index (χ0n) is 16.4. The third kappa shape index (κ3) is 2.66. The van der Waals surface area contributed by atoms with Crippen LogP contribution in [0.15, 0.2) is 42.4 Å². The lowest BCUT2D eigenvalue weighted by Gasteiger charge is -2.25. The Morgan fingerprint density at radius 3 is 2.50 bits per heavy atom.